The minimum absolute atomic E-state index is 0.169. The van der Waals surface area contributed by atoms with Crippen LogP contribution in [-0.2, 0) is 10.0 Å². The van der Waals surface area contributed by atoms with Crippen molar-refractivity contribution >= 4 is 20.9 Å². The van der Waals surface area contributed by atoms with Crippen LogP contribution in [0.15, 0.2) is 66.1 Å². The molecule has 0 radical (unpaired) electrons. The predicted octanol–water partition coefficient (Wildman–Crippen LogP) is 4.26. The van der Waals surface area contributed by atoms with Gasteiger partial charge in [0.1, 0.15) is 6.61 Å². The second kappa shape index (κ2) is 7.99. The van der Waals surface area contributed by atoms with Gasteiger partial charge < -0.3 is 4.74 Å². The highest BCUT2D eigenvalue weighted by molar-refractivity contribution is 7.90. The monoisotopic (exact) mass is 451 g/mol. The molecule has 0 saturated heterocycles. The van der Waals surface area contributed by atoms with Gasteiger partial charge in [0.05, 0.1) is 22.3 Å². The summed E-state index contributed by atoms with van der Waals surface area (Å²) in [5.74, 6) is -3.90. The van der Waals surface area contributed by atoms with Gasteiger partial charge in [0, 0.05) is 29.5 Å². The summed E-state index contributed by atoms with van der Waals surface area (Å²) in [6.07, 6.45) is 2.67. The lowest BCUT2D eigenvalue weighted by Crippen LogP contribution is -2.14. The molecule has 0 aliphatic carbocycles. The van der Waals surface area contributed by atoms with E-state index in [0.717, 1.165) is 3.97 Å². The van der Waals surface area contributed by atoms with E-state index < -0.39 is 45.3 Å². The molecule has 0 aliphatic rings. The molecule has 3 heterocycles. The van der Waals surface area contributed by atoms with Gasteiger partial charge in [0.25, 0.3) is 16.4 Å². The molecular formula is C20H13F4N3O3S. The summed E-state index contributed by atoms with van der Waals surface area (Å²) in [6.45, 7) is -1.23. The standard InChI is InChI=1S/C20H13F4N3O3S/c21-15-7-12(8-16(22)20(15)30-11-19(23)24)31(28,29)27-6-4-13-14(9-25-10-18(13)27)17-3-1-2-5-26-17/h1-10,19H,11H2. The van der Waals surface area contributed by atoms with Crippen molar-refractivity contribution in [3.8, 4) is 17.0 Å². The summed E-state index contributed by atoms with van der Waals surface area (Å²) >= 11 is 0. The van der Waals surface area contributed by atoms with Crippen molar-refractivity contribution in [2.75, 3.05) is 6.61 Å². The van der Waals surface area contributed by atoms with E-state index in [-0.39, 0.29) is 5.52 Å². The third-order valence-corrected chi connectivity index (χ3v) is 6.07. The van der Waals surface area contributed by atoms with Gasteiger partial charge in [-0.05, 0) is 30.3 Å². The lowest BCUT2D eigenvalue weighted by Gasteiger charge is -2.12. The summed E-state index contributed by atoms with van der Waals surface area (Å²) in [7, 11) is -4.44. The molecule has 0 saturated carbocycles. The Hall–Kier alpha value is -3.47. The molecule has 6 nitrogen and oxygen atoms in total. The molecule has 3 aromatic heterocycles. The maximum atomic E-state index is 14.2. The maximum Gasteiger partial charge on any atom is 0.272 e. The molecule has 0 atom stereocenters. The van der Waals surface area contributed by atoms with Crippen LogP contribution in [0.5, 0.6) is 5.75 Å². The van der Waals surface area contributed by atoms with Crippen molar-refractivity contribution < 1.29 is 30.7 Å². The highest BCUT2D eigenvalue weighted by Gasteiger charge is 2.25. The van der Waals surface area contributed by atoms with E-state index in [1.165, 1.54) is 24.7 Å². The topological polar surface area (TPSA) is 74.1 Å². The molecular weight excluding hydrogens is 438 g/mol. The van der Waals surface area contributed by atoms with Crippen LogP contribution in [0.3, 0.4) is 0 Å². The minimum atomic E-state index is -4.44. The average Bonchev–Trinajstić information content (AvgIpc) is 3.18. The Labute approximate surface area is 173 Å². The van der Waals surface area contributed by atoms with Crippen molar-refractivity contribution in [1.29, 1.82) is 0 Å². The zero-order chi connectivity index (χ0) is 22.2. The fourth-order valence-corrected chi connectivity index (χ4v) is 4.41. The first-order chi connectivity index (χ1) is 14.8. The number of fused-ring (bicyclic) bond motifs is 1. The van der Waals surface area contributed by atoms with Gasteiger partial charge in [-0.2, -0.15) is 0 Å². The van der Waals surface area contributed by atoms with E-state index in [9.17, 15) is 26.0 Å². The lowest BCUT2D eigenvalue weighted by atomic mass is 10.1. The maximum absolute atomic E-state index is 14.2. The van der Waals surface area contributed by atoms with Gasteiger partial charge in [-0.25, -0.2) is 30.0 Å². The van der Waals surface area contributed by atoms with Crippen LogP contribution in [0.4, 0.5) is 17.6 Å². The molecule has 0 unspecified atom stereocenters. The normalized spacial score (nSPS) is 11.9. The molecule has 0 aliphatic heterocycles. The van der Waals surface area contributed by atoms with Gasteiger partial charge in [-0.15, -0.1) is 0 Å². The number of alkyl halides is 2. The van der Waals surface area contributed by atoms with Crippen molar-refractivity contribution in [1.82, 2.24) is 13.9 Å². The Bertz CT molecular complexity index is 1340. The zero-order valence-electron chi connectivity index (χ0n) is 15.5. The number of halogens is 4. The third-order valence-electron chi connectivity index (χ3n) is 4.40. The Morgan fingerprint density at radius 3 is 2.45 bits per heavy atom. The van der Waals surface area contributed by atoms with Crippen molar-refractivity contribution in [3.63, 3.8) is 0 Å². The quantitative estimate of drug-likeness (QED) is 0.410. The number of rotatable bonds is 6. The largest absolute Gasteiger partial charge is 0.482 e. The zero-order valence-corrected chi connectivity index (χ0v) is 16.4. The summed E-state index contributed by atoms with van der Waals surface area (Å²) < 4.78 is 84.3. The van der Waals surface area contributed by atoms with Gasteiger partial charge in [-0.1, -0.05) is 6.07 Å². The first-order valence-electron chi connectivity index (χ1n) is 8.81. The van der Waals surface area contributed by atoms with Crippen molar-refractivity contribution in [3.05, 3.63) is 72.8 Å². The number of hydrogen-bond acceptors (Lipinski definition) is 5. The highest BCUT2D eigenvalue weighted by Crippen LogP contribution is 2.31. The lowest BCUT2D eigenvalue weighted by molar-refractivity contribution is 0.0776. The molecule has 11 heteroatoms. The van der Waals surface area contributed by atoms with Crippen LogP contribution in [0.2, 0.25) is 0 Å². The molecule has 4 aromatic rings. The Kier molecular flexibility index (Phi) is 5.36. The Balaban J connectivity index is 1.80. The van der Waals surface area contributed by atoms with Gasteiger partial charge in [0.2, 0.25) is 0 Å². The number of hydrogen-bond donors (Lipinski definition) is 0. The Morgan fingerprint density at radius 1 is 1.06 bits per heavy atom. The van der Waals surface area contributed by atoms with Crippen molar-refractivity contribution in [2.24, 2.45) is 0 Å². The molecule has 31 heavy (non-hydrogen) atoms. The van der Waals surface area contributed by atoms with E-state index in [2.05, 4.69) is 14.7 Å². The number of ether oxygens (including phenoxy) is 1. The molecule has 0 spiro atoms. The second-order valence-electron chi connectivity index (χ2n) is 6.37. The molecule has 0 fully saturated rings. The SMILES string of the molecule is O=S(=O)(c1cc(F)c(OCC(F)F)c(F)c1)n1ccc2c(-c3ccccn3)cncc21. The molecule has 0 amide bonds. The second-order valence-corrected chi connectivity index (χ2v) is 8.18. The van der Waals surface area contributed by atoms with Crippen LogP contribution < -0.4 is 4.74 Å². The summed E-state index contributed by atoms with van der Waals surface area (Å²) in [4.78, 5) is 7.57. The average molecular weight is 451 g/mol. The number of nitrogens with zero attached hydrogens (tertiary/aromatic N) is 3. The van der Waals surface area contributed by atoms with Crippen LogP contribution in [0, 0.1) is 11.6 Å². The molecule has 4 rings (SSSR count). The molecule has 160 valence electrons. The third kappa shape index (κ3) is 3.83. The summed E-state index contributed by atoms with van der Waals surface area (Å²) in [5, 5.41) is 0.509. The van der Waals surface area contributed by atoms with Crippen LogP contribution >= 0.6 is 0 Å². The van der Waals surface area contributed by atoms with Gasteiger partial charge in [-0.3, -0.25) is 9.97 Å². The number of pyridine rings is 2. The predicted molar refractivity (Wildman–Crippen MR) is 103 cm³/mol. The van der Waals surface area contributed by atoms with E-state index in [0.29, 0.717) is 28.8 Å². The van der Waals surface area contributed by atoms with Crippen LogP contribution in [0.25, 0.3) is 22.2 Å². The van der Waals surface area contributed by atoms with Gasteiger partial charge in [0.15, 0.2) is 17.4 Å². The Morgan fingerprint density at radius 2 is 1.81 bits per heavy atom. The van der Waals surface area contributed by atoms with Crippen LogP contribution in [-0.4, -0.2) is 35.4 Å². The number of benzene rings is 1. The van der Waals surface area contributed by atoms with E-state index in [4.69, 9.17) is 0 Å². The van der Waals surface area contributed by atoms with Gasteiger partial charge >= 0.3 is 0 Å². The van der Waals surface area contributed by atoms with E-state index in [1.807, 2.05) is 0 Å². The molecule has 0 N–H and O–H groups in total. The smallest absolute Gasteiger partial charge is 0.272 e. The van der Waals surface area contributed by atoms with Crippen LogP contribution in [0.1, 0.15) is 0 Å². The first kappa shape index (κ1) is 20.8. The van der Waals surface area contributed by atoms with E-state index >= 15 is 0 Å². The first-order valence-corrected chi connectivity index (χ1v) is 10.2. The highest BCUT2D eigenvalue weighted by atomic mass is 32.2. The summed E-state index contributed by atoms with van der Waals surface area (Å²) in [5.41, 5.74) is 1.30. The fraction of sp³-hybridized carbons (Fsp3) is 0.100. The molecule has 1 aromatic carbocycles. The summed E-state index contributed by atoms with van der Waals surface area (Å²) in [6, 6.07) is 7.77. The van der Waals surface area contributed by atoms with E-state index in [1.54, 1.807) is 24.4 Å². The minimum Gasteiger partial charge on any atom is -0.482 e. The fourth-order valence-electron chi connectivity index (χ4n) is 3.05. The number of aromatic nitrogens is 3. The van der Waals surface area contributed by atoms with Crippen molar-refractivity contribution in [2.45, 2.75) is 11.3 Å². The molecule has 0 bridgehead atoms.